The number of methoxy groups -OCH3 is 2. The van der Waals surface area contributed by atoms with Gasteiger partial charge in [-0.3, -0.25) is 0 Å². The van der Waals surface area contributed by atoms with Crippen molar-refractivity contribution in [2.75, 3.05) is 20.8 Å². The third kappa shape index (κ3) is 3.51. The van der Waals surface area contributed by atoms with E-state index in [2.05, 4.69) is 10.3 Å². The minimum absolute atomic E-state index is 0.0453. The van der Waals surface area contributed by atoms with Crippen molar-refractivity contribution in [3.63, 3.8) is 0 Å². The topological polar surface area (TPSA) is 86.5 Å². The van der Waals surface area contributed by atoms with Crippen LogP contribution in [-0.4, -0.2) is 46.9 Å². The third-order valence-electron chi connectivity index (χ3n) is 2.68. The third-order valence-corrected chi connectivity index (χ3v) is 2.68. The predicted molar refractivity (Wildman–Crippen MR) is 63.5 cm³/mol. The second kappa shape index (κ2) is 7.07. The van der Waals surface area contributed by atoms with Crippen molar-refractivity contribution in [3.8, 4) is 0 Å². The lowest BCUT2D eigenvalue weighted by Crippen LogP contribution is -2.13. The minimum atomic E-state index is -1.09. The molecular weight excluding hydrogens is 238 g/mol. The molecule has 102 valence electrons. The highest BCUT2D eigenvalue weighted by atomic mass is 16.5. The van der Waals surface area contributed by atoms with Crippen LogP contribution in [0.2, 0.25) is 0 Å². The van der Waals surface area contributed by atoms with Gasteiger partial charge in [0, 0.05) is 27.4 Å². The molecule has 0 aliphatic carbocycles. The lowest BCUT2D eigenvalue weighted by Gasteiger charge is -2.12. The van der Waals surface area contributed by atoms with E-state index in [1.807, 2.05) is 0 Å². The quantitative estimate of drug-likeness (QED) is 0.702. The highest BCUT2D eigenvalue weighted by Crippen LogP contribution is 2.19. The first-order chi connectivity index (χ1) is 8.61. The molecule has 1 aromatic rings. The van der Waals surface area contributed by atoms with Gasteiger partial charge in [-0.25, -0.2) is 9.48 Å². The van der Waals surface area contributed by atoms with Crippen LogP contribution in [0.3, 0.4) is 0 Å². The summed E-state index contributed by atoms with van der Waals surface area (Å²) in [6, 6.07) is 0. The summed E-state index contributed by atoms with van der Waals surface area (Å²) in [7, 11) is 3.18. The summed E-state index contributed by atoms with van der Waals surface area (Å²) in [5.41, 5.74) is 0.457. The number of carboxylic acid groups (broad SMARTS) is 1. The summed E-state index contributed by atoms with van der Waals surface area (Å²) in [5.74, 6) is -1.09. The van der Waals surface area contributed by atoms with Crippen LogP contribution in [0.5, 0.6) is 0 Å². The Morgan fingerprint density at radius 1 is 1.44 bits per heavy atom. The molecule has 0 aliphatic heterocycles. The molecule has 0 spiro atoms. The molecule has 1 rings (SSSR count). The average Bonchev–Trinajstić information content (AvgIpc) is 2.77. The second-order valence-electron chi connectivity index (χ2n) is 3.93. The first-order valence-corrected chi connectivity index (χ1v) is 5.80. The maximum Gasteiger partial charge on any atom is 0.358 e. The molecule has 0 fully saturated rings. The van der Waals surface area contributed by atoms with Gasteiger partial charge in [0.25, 0.3) is 0 Å². The van der Waals surface area contributed by atoms with E-state index in [1.165, 1.54) is 7.11 Å². The van der Waals surface area contributed by atoms with Gasteiger partial charge in [0.15, 0.2) is 5.69 Å². The normalized spacial score (nSPS) is 12.6. The zero-order valence-electron chi connectivity index (χ0n) is 10.9. The standard InChI is InChI=1S/C11H19N3O4/c1-8(18-3)10-9(11(15)16)12-13-14(10)6-4-5-7-17-2/h8H,4-7H2,1-3H3,(H,15,16). The van der Waals surface area contributed by atoms with Gasteiger partial charge in [0.05, 0.1) is 6.10 Å². The van der Waals surface area contributed by atoms with Crippen LogP contribution >= 0.6 is 0 Å². The molecule has 1 aromatic heterocycles. The van der Waals surface area contributed by atoms with Crippen LogP contribution in [0.4, 0.5) is 0 Å². The Morgan fingerprint density at radius 3 is 2.72 bits per heavy atom. The summed E-state index contributed by atoms with van der Waals surface area (Å²) < 4.78 is 11.7. The summed E-state index contributed by atoms with van der Waals surface area (Å²) in [4.78, 5) is 11.0. The second-order valence-corrected chi connectivity index (χ2v) is 3.93. The Balaban J connectivity index is 2.80. The number of hydrogen-bond acceptors (Lipinski definition) is 5. The molecule has 7 nitrogen and oxygen atoms in total. The number of rotatable bonds is 8. The summed E-state index contributed by atoms with van der Waals surface area (Å²) in [6.45, 7) is 3.05. The van der Waals surface area contributed by atoms with Crippen LogP contribution in [0, 0.1) is 0 Å². The number of nitrogens with zero attached hydrogens (tertiary/aromatic N) is 3. The zero-order valence-corrected chi connectivity index (χ0v) is 10.9. The van der Waals surface area contributed by atoms with Crippen molar-refractivity contribution in [1.82, 2.24) is 15.0 Å². The van der Waals surface area contributed by atoms with Crippen molar-refractivity contribution < 1.29 is 19.4 Å². The fourth-order valence-corrected chi connectivity index (χ4v) is 1.66. The molecule has 0 saturated heterocycles. The van der Waals surface area contributed by atoms with Crippen molar-refractivity contribution in [2.24, 2.45) is 0 Å². The molecule has 1 N–H and O–H groups in total. The number of carbonyl (C=O) groups is 1. The predicted octanol–water partition coefficient (Wildman–Crippen LogP) is 1.11. The fraction of sp³-hybridized carbons (Fsp3) is 0.727. The average molecular weight is 257 g/mol. The number of carboxylic acids is 1. The Hall–Kier alpha value is -1.47. The van der Waals surface area contributed by atoms with E-state index >= 15 is 0 Å². The van der Waals surface area contributed by atoms with E-state index < -0.39 is 5.97 Å². The summed E-state index contributed by atoms with van der Waals surface area (Å²) in [5, 5.41) is 16.6. The van der Waals surface area contributed by atoms with E-state index in [0.29, 0.717) is 18.8 Å². The van der Waals surface area contributed by atoms with E-state index in [0.717, 1.165) is 12.8 Å². The lowest BCUT2D eigenvalue weighted by atomic mass is 10.2. The minimum Gasteiger partial charge on any atom is -0.476 e. The van der Waals surface area contributed by atoms with E-state index in [4.69, 9.17) is 14.6 Å². The van der Waals surface area contributed by atoms with Crippen LogP contribution in [0.1, 0.15) is 42.1 Å². The Morgan fingerprint density at radius 2 is 2.17 bits per heavy atom. The van der Waals surface area contributed by atoms with Crippen LogP contribution in [0.25, 0.3) is 0 Å². The molecule has 0 bridgehead atoms. The summed E-state index contributed by atoms with van der Waals surface area (Å²) in [6.07, 6.45) is 1.38. The number of unbranched alkanes of at least 4 members (excludes halogenated alkanes) is 1. The van der Waals surface area contributed by atoms with Gasteiger partial charge in [0.1, 0.15) is 5.69 Å². The van der Waals surface area contributed by atoms with Gasteiger partial charge in [-0.05, 0) is 19.8 Å². The first-order valence-electron chi connectivity index (χ1n) is 5.80. The van der Waals surface area contributed by atoms with Gasteiger partial charge < -0.3 is 14.6 Å². The molecule has 0 amide bonds. The molecule has 0 saturated carbocycles. The van der Waals surface area contributed by atoms with Crippen LogP contribution < -0.4 is 0 Å². The smallest absolute Gasteiger partial charge is 0.358 e. The Kier molecular flexibility index (Phi) is 5.73. The molecule has 1 atom stereocenters. The molecule has 18 heavy (non-hydrogen) atoms. The summed E-state index contributed by atoms with van der Waals surface area (Å²) >= 11 is 0. The van der Waals surface area contributed by atoms with Crippen molar-refractivity contribution in [2.45, 2.75) is 32.4 Å². The highest BCUT2D eigenvalue weighted by molar-refractivity contribution is 5.86. The van der Waals surface area contributed by atoms with E-state index in [1.54, 1.807) is 18.7 Å². The molecule has 0 radical (unpaired) electrons. The van der Waals surface area contributed by atoms with Crippen molar-refractivity contribution in [3.05, 3.63) is 11.4 Å². The number of hydrogen-bond donors (Lipinski definition) is 1. The largest absolute Gasteiger partial charge is 0.476 e. The van der Waals surface area contributed by atoms with E-state index in [-0.39, 0.29) is 11.8 Å². The van der Waals surface area contributed by atoms with Gasteiger partial charge in [0.2, 0.25) is 0 Å². The molecule has 1 unspecified atom stereocenters. The first kappa shape index (κ1) is 14.6. The van der Waals surface area contributed by atoms with Crippen LogP contribution in [-0.2, 0) is 16.0 Å². The van der Waals surface area contributed by atoms with E-state index in [9.17, 15) is 4.79 Å². The van der Waals surface area contributed by atoms with Crippen LogP contribution in [0.15, 0.2) is 0 Å². The number of aryl methyl sites for hydroxylation is 1. The molecular formula is C11H19N3O4. The molecule has 0 aliphatic rings. The molecule has 7 heteroatoms. The van der Waals surface area contributed by atoms with Crippen molar-refractivity contribution in [1.29, 1.82) is 0 Å². The molecule has 1 heterocycles. The van der Waals surface area contributed by atoms with Gasteiger partial charge in [-0.2, -0.15) is 0 Å². The Labute approximate surface area is 106 Å². The number of aromatic carboxylic acids is 1. The lowest BCUT2D eigenvalue weighted by molar-refractivity contribution is 0.0673. The van der Waals surface area contributed by atoms with Gasteiger partial charge >= 0.3 is 5.97 Å². The fourth-order valence-electron chi connectivity index (χ4n) is 1.66. The molecule has 0 aromatic carbocycles. The zero-order chi connectivity index (χ0) is 13.5. The Bertz CT molecular complexity index is 392. The number of aromatic nitrogens is 3. The maximum atomic E-state index is 11.0. The highest BCUT2D eigenvalue weighted by Gasteiger charge is 2.23. The van der Waals surface area contributed by atoms with Crippen molar-refractivity contribution >= 4 is 5.97 Å². The monoisotopic (exact) mass is 257 g/mol. The van der Waals surface area contributed by atoms with Gasteiger partial charge in [-0.1, -0.05) is 5.21 Å². The number of ether oxygens (including phenoxy) is 2. The SMILES string of the molecule is COCCCCn1nnc(C(=O)O)c1C(C)OC. The maximum absolute atomic E-state index is 11.0. The van der Waals surface area contributed by atoms with Gasteiger partial charge in [-0.15, -0.1) is 5.10 Å².